The Kier molecular flexibility index (Phi) is 5.43. The zero-order valence-corrected chi connectivity index (χ0v) is 16.4. The topological polar surface area (TPSA) is 51.2 Å². The molecule has 1 atom stereocenters. The van der Waals surface area contributed by atoms with E-state index in [4.69, 9.17) is 0 Å². The highest BCUT2D eigenvalue weighted by molar-refractivity contribution is 7.71. The molecule has 0 aliphatic carbocycles. The van der Waals surface area contributed by atoms with Crippen LogP contribution in [0.15, 0.2) is 66.7 Å². The standard InChI is InChI=1S/C23H20O3P/c1-15-14-16(2)21(23(25)27(26)19-12-8-5-9-13-19)17(3)20(15)22(24)18-10-6-4-7-11-18/h4-14H,1-3H3/q+1. The first-order chi connectivity index (χ1) is 12.9. The molecular formula is C23H20O3P+. The van der Waals surface area contributed by atoms with Gasteiger partial charge in [-0.25, -0.2) is 4.79 Å². The van der Waals surface area contributed by atoms with E-state index in [1.807, 2.05) is 44.2 Å². The van der Waals surface area contributed by atoms with Gasteiger partial charge in [-0.3, -0.25) is 4.79 Å². The van der Waals surface area contributed by atoms with Crippen LogP contribution in [0.5, 0.6) is 0 Å². The molecule has 134 valence electrons. The van der Waals surface area contributed by atoms with Crippen LogP contribution in [-0.4, -0.2) is 11.3 Å². The Hall–Kier alpha value is -2.90. The highest BCUT2D eigenvalue weighted by Crippen LogP contribution is 2.33. The third-order valence-corrected chi connectivity index (χ3v) is 5.98. The summed E-state index contributed by atoms with van der Waals surface area (Å²) < 4.78 is 12.8. The number of ketones is 1. The molecule has 0 saturated carbocycles. The van der Waals surface area contributed by atoms with E-state index >= 15 is 0 Å². The highest BCUT2D eigenvalue weighted by atomic mass is 31.1. The number of benzene rings is 3. The van der Waals surface area contributed by atoms with Gasteiger partial charge in [0.25, 0.3) is 0 Å². The molecule has 0 spiro atoms. The number of rotatable bonds is 5. The van der Waals surface area contributed by atoms with Crippen LogP contribution in [0.3, 0.4) is 0 Å². The van der Waals surface area contributed by atoms with E-state index in [1.165, 1.54) is 0 Å². The molecule has 0 fully saturated rings. The molecule has 3 aromatic carbocycles. The van der Waals surface area contributed by atoms with Crippen molar-refractivity contribution in [3.8, 4) is 0 Å². The molecule has 1 unspecified atom stereocenters. The van der Waals surface area contributed by atoms with Crippen molar-refractivity contribution < 1.29 is 14.2 Å². The van der Waals surface area contributed by atoms with Crippen molar-refractivity contribution in [2.75, 3.05) is 0 Å². The first kappa shape index (κ1) is 18.9. The molecule has 3 aromatic rings. The summed E-state index contributed by atoms with van der Waals surface area (Å²) in [6.07, 6.45) is 0. The molecule has 3 nitrogen and oxygen atoms in total. The average molecular weight is 375 g/mol. The molecule has 0 bridgehead atoms. The quantitative estimate of drug-likeness (QED) is 0.458. The number of aryl methyl sites for hydroxylation is 2. The van der Waals surface area contributed by atoms with Gasteiger partial charge in [-0.15, -0.1) is 0 Å². The molecule has 4 heteroatoms. The maximum Gasteiger partial charge on any atom is 0.458 e. The molecule has 0 aromatic heterocycles. The number of carbonyl (C=O) groups is 2. The van der Waals surface area contributed by atoms with Gasteiger partial charge < -0.3 is 0 Å². The first-order valence-corrected chi connectivity index (χ1v) is 9.95. The lowest BCUT2D eigenvalue weighted by molar-refractivity contribution is 0.103. The minimum atomic E-state index is -2.24. The van der Waals surface area contributed by atoms with Crippen LogP contribution in [0.1, 0.15) is 43.0 Å². The number of carbonyl (C=O) groups excluding carboxylic acids is 2. The second-order valence-corrected chi connectivity index (χ2v) is 8.03. The van der Waals surface area contributed by atoms with Gasteiger partial charge in [0.2, 0.25) is 0 Å². The lowest BCUT2D eigenvalue weighted by atomic mass is 9.89. The molecule has 0 radical (unpaired) electrons. The summed E-state index contributed by atoms with van der Waals surface area (Å²) in [4.78, 5) is 26.0. The largest absolute Gasteiger partial charge is 0.458 e. The van der Waals surface area contributed by atoms with Crippen LogP contribution in [0.2, 0.25) is 0 Å². The van der Waals surface area contributed by atoms with E-state index in [2.05, 4.69) is 0 Å². The predicted octanol–water partition coefficient (Wildman–Crippen LogP) is 5.14. The monoisotopic (exact) mass is 375 g/mol. The first-order valence-electron chi connectivity index (χ1n) is 8.69. The van der Waals surface area contributed by atoms with Gasteiger partial charge in [-0.05, 0) is 49.6 Å². The fraction of sp³-hybridized carbons (Fsp3) is 0.130. The van der Waals surface area contributed by atoms with Crippen LogP contribution in [-0.2, 0) is 4.57 Å². The van der Waals surface area contributed by atoms with Gasteiger partial charge >= 0.3 is 13.3 Å². The maximum atomic E-state index is 13.0. The Bertz CT molecular complexity index is 1040. The van der Waals surface area contributed by atoms with E-state index in [0.29, 0.717) is 27.6 Å². The molecular weight excluding hydrogens is 355 g/mol. The van der Waals surface area contributed by atoms with Crippen LogP contribution in [0.25, 0.3) is 0 Å². The molecule has 0 aliphatic heterocycles. The summed E-state index contributed by atoms with van der Waals surface area (Å²) in [6, 6.07) is 19.5. The fourth-order valence-electron chi connectivity index (χ4n) is 3.38. The number of hydrogen-bond donors (Lipinski definition) is 0. The Morgan fingerprint density at radius 2 is 1.26 bits per heavy atom. The lowest BCUT2D eigenvalue weighted by Crippen LogP contribution is -2.13. The molecule has 0 aliphatic rings. The lowest BCUT2D eigenvalue weighted by Gasteiger charge is -2.13. The van der Waals surface area contributed by atoms with Gasteiger partial charge in [-0.1, -0.05) is 59.2 Å². The van der Waals surface area contributed by atoms with Crippen molar-refractivity contribution >= 4 is 24.4 Å². The van der Waals surface area contributed by atoms with Gasteiger partial charge in [0, 0.05) is 11.1 Å². The van der Waals surface area contributed by atoms with E-state index in [-0.39, 0.29) is 5.78 Å². The van der Waals surface area contributed by atoms with Gasteiger partial charge in [0.1, 0.15) is 0 Å². The summed E-state index contributed by atoms with van der Waals surface area (Å²) >= 11 is 0. The predicted molar refractivity (Wildman–Crippen MR) is 109 cm³/mol. The van der Waals surface area contributed by atoms with Crippen molar-refractivity contribution in [3.63, 3.8) is 0 Å². The Morgan fingerprint density at radius 3 is 1.85 bits per heavy atom. The van der Waals surface area contributed by atoms with E-state index in [9.17, 15) is 14.2 Å². The molecule has 0 N–H and O–H groups in total. The summed E-state index contributed by atoms with van der Waals surface area (Å²) in [5.41, 5.74) is 3.15. The zero-order valence-electron chi connectivity index (χ0n) is 15.5. The third-order valence-electron chi connectivity index (χ3n) is 4.62. The van der Waals surface area contributed by atoms with Gasteiger partial charge in [0.05, 0.1) is 5.56 Å². The molecule has 3 rings (SSSR count). The third kappa shape index (κ3) is 3.65. The summed E-state index contributed by atoms with van der Waals surface area (Å²) in [7, 11) is -2.24. The van der Waals surface area contributed by atoms with Crippen molar-refractivity contribution in [2.24, 2.45) is 0 Å². The SMILES string of the molecule is Cc1cc(C)c(C(=O)[P+](=O)c2ccccc2)c(C)c1C(=O)c1ccccc1. The van der Waals surface area contributed by atoms with E-state index in [0.717, 1.165) is 11.1 Å². The number of hydrogen-bond acceptors (Lipinski definition) is 3. The average Bonchev–Trinajstić information content (AvgIpc) is 2.68. The van der Waals surface area contributed by atoms with E-state index in [1.54, 1.807) is 43.3 Å². The van der Waals surface area contributed by atoms with Crippen LogP contribution in [0, 0.1) is 20.8 Å². The molecule has 0 amide bonds. The fourth-order valence-corrected chi connectivity index (χ4v) is 4.60. The minimum absolute atomic E-state index is 0.130. The second kappa shape index (κ2) is 7.77. The van der Waals surface area contributed by atoms with Crippen molar-refractivity contribution in [2.45, 2.75) is 20.8 Å². The van der Waals surface area contributed by atoms with Crippen LogP contribution >= 0.6 is 7.80 Å². The van der Waals surface area contributed by atoms with Crippen molar-refractivity contribution in [1.29, 1.82) is 0 Å². The summed E-state index contributed by atoms with van der Waals surface area (Å²) in [6.45, 7) is 5.44. The molecule has 0 heterocycles. The van der Waals surface area contributed by atoms with E-state index < -0.39 is 13.3 Å². The van der Waals surface area contributed by atoms with Crippen LogP contribution in [0.4, 0.5) is 0 Å². The summed E-state index contributed by atoms with van der Waals surface area (Å²) in [5.74, 6) is -0.130. The zero-order chi connectivity index (χ0) is 19.6. The second-order valence-electron chi connectivity index (χ2n) is 6.52. The minimum Gasteiger partial charge on any atom is -0.289 e. The van der Waals surface area contributed by atoms with Crippen LogP contribution < -0.4 is 5.30 Å². The maximum absolute atomic E-state index is 13.0. The Balaban J connectivity index is 2.11. The Morgan fingerprint density at radius 1 is 0.741 bits per heavy atom. The highest BCUT2D eigenvalue weighted by Gasteiger charge is 2.36. The van der Waals surface area contributed by atoms with Crippen molar-refractivity contribution in [1.82, 2.24) is 0 Å². The van der Waals surface area contributed by atoms with Gasteiger partial charge in [0.15, 0.2) is 11.1 Å². The summed E-state index contributed by atoms with van der Waals surface area (Å²) in [5, 5.41) is 0.493. The molecule has 27 heavy (non-hydrogen) atoms. The molecule has 0 saturated heterocycles. The Labute approximate surface area is 159 Å². The van der Waals surface area contributed by atoms with Gasteiger partial charge in [-0.2, -0.15) is 0 Å². The normalized spacial score (nSPS) is 11.1. The smallest absolute Gasteiger partial charge is 0.289 e. The van der Waals surface area contributed by atoms with Crippen molar-refractivity contribution in [3.05, 3.63) is 100 Å².